The van der Waals surface area contributed by atoms with E-state index in [1.54, 1.807) is 13.0 Å². The fraction of sp³-hybridized carbons (Fsp3) is 0.667. The number of rotatable bonds is 1. The van der Waals surface area contributed by atoms with Crippen LogP contribution in [-0.4, -0.2) is 28.2 Å². The lowest BCUT2D eigenvalue weighted by molar-refractivity contribution is -0.140. The van der Waals surface area contributed by atoms with Crippen LogP contribution < -0.4 is 0 Å². The molecular formula is C15H22O3. The Bertz CT molecular complexity index is 423. The Morgan fingerprint density at radius 2 is 2.17 bits per heavy atom. The number of aliphatic hydroxyl groups excluding tert-OH is 1. The Morgan fingerprint density at radius 3 is 2.67 bits per heavy atom. The van der Waals surface area contributed by atoms with Gasteiger partial charge in [-0.15, -0.1) is 0 Å². The van der Waals surface area contributed by atoms with E-state index in [2.05, 4.69) is 11.8 Å². The van der Waals surface area contributed by atoms with Crippen molar-refractivity contribution >= 4 is 5.78 Å². The molecule has 0 bridgehead atoms. The zero-order valence-corrected chi connectivity index (χ0v) is 11.6. The van der Waals surface area contributed by atoms with Gasteiger partial charge in [-0.2, -0.15) is 0 Å². The van der Waals surface area contributed by atoms with Crippen molar-refractivity contribution in [2.45, 2.75) is 46.1 Å². The first-order valence-electron chi connectivity index (χ1n) is 6.28. The van der Waals surface area contributed by atoms with Gasteiger partial charge in [0.2, 0.25) is 0 Å². The molecule has 3 heteroatoms. The van der Waals surface area contributed by atoms with E-state index >= 15 is 0 Å². The van der Waals surface area contributed by atoms with Gasteiger partial charge in [0.15, 0.2) is 0 Å². The van der Waals surface area contributed by atoms with Crippen LogP contribution in [0.5, 0.6) is 0 Å². The highest BCUT2D eigenvalue weighted by Crippen LogP contribution is 2.45. The molecule has 0 aromatic heterocycles. The predicted molar refractivity (Wildman–Crippen MR) is 70.8 cm³/mol. The van der Waals surface area contributed by atoms with Crippen molar-refractivity contribution in [3.05, 3.63) is 11.6 Å². The van der Waals surface area contributed by atoms with Gasteiger partial charge >= 0.3 is 0 Å². The summed E-state index contributed by atoms with van der Waals surface area (Å²) in [5.74, 6) is 5.81. The van der Waals surface area contributed by atoms with E-state index in [0.717, 1.165) is 5.57 Å². The van der Waals surface area contributed by atoms with Crippen LogP contribution in [0.1, 0.15) is 40.5 Å². The van der Waals surface area contributed by atoms with Crippen molar-refractivity contribution in [1.29, 1.82) is 0 Å². The molecule has 1 aliphatic rings. The Hall–Kier alpha value is -1.11. The minimum atomic E-state index is -1.16. The molecule has 0 saturated heterocycles. The smallest absolute Gasteiger partial charge is 0.134 e. The summed E-state index contributed by atoms with van der Waals surface area (Å²) in [7, 11) is 0. The number of Topliss-reactive ketones (excluding diaryl/α,β-unsaturated/α-hetero) is 1. The second-order valence-corrected chi connectivity index (χ2v) is 5.79. The van der Waals surface area contributed by atoms with Crippen LogP contribution in [0.3, 0.4) is 0 Å². The molecule has 0 aromatic rings. The minimum absolute atomic E-state index is 0.0592. The van der Waals surface area contributed by atoms with Gasteiger partial charge in [-0.3, -0.25) is 4.79 Å². The highest BCUT2D eigenvalue weighted by molar-refractivity contribution is 5.81. The van der Waals surface area contributed by atoms with Crippen molar-refractivity contribution in [1.82, 2.24) is 0 Å². The molecule has 2 N–H and O–H groups in total. The fourth-order valence-corrected chi connectivity index (χ4v) is 2.53. The lowest BCUT2D eigenvalue weighted by Crippen LogP contribution is -2.53. The molecule has 1 saturated carbocycles. The number of hydrogen-bond acceptors (Lipinski definition) is 3. The van der Waals surface area contributed by atoms with E-state index < -0.39 is 11.0 Å². The molecule has 0 amide bonds. The highest BCUT2D eigenvalue weighted by atomic mass is 16.3. The van der Waals surface area contributed by atoms with E-state index in [0.29, 0.717) is 12.8 Å². The molecular weight excluding hydrogens is 228 g/mol. The topological polar surface area (TPSA) is 57.5 Å². The third-order valence-corrected chi connectivity index (χ3v) is 3.77. The number of carbonyl (C=O) groups excluding carboxylic acids is 1. The average Bonchev–Trinajstić information content (AvgIpc) is 2.23. The summed E-state index contributed by atoms with van der Waals surface area (Å²) in [5, 5.41) is 19.6. The molecule has 100 valence electrons. The van der Waals surface area contributed by atoms with Crippen LogP contribution >= 0.6 is 0 Å². The number of allylic oxidation sites excluding steroid dienone is 1. The lowest BCUT2D eigenvalue weighted by Gasteiger charge is -2.46. The van der Waals surface area contributed by atoms with Gasteiger partial charge in [-0.25, -0.2) is 0 Å². The largest absolute Gasteiger partial charge is 0.392 e. The molecule has 0 aliphatic heterocycles. The maximum atomic E-state index is 11.6. The summed E-state index contributed by atoms with van der Waals surface area (Å²) < 4.78 is 0. The van der Waals surface area contributed by atoms with E-state index in [9.17, 15) is 9.90 Å². The van der Waals surface area contributed by atoms with Gasteiger partial charge in [-0.1, -0.05) is 32.6 Å². The summed E-state index contributed by atoms with van der Waals surface area (Å²) >= 11 is 0. The van der Waals surface area contributed by atoms with Crippen LogP contribution in [0.25, 0.3) is 0 Å². The molecule has 0 aromatic carbocycles. The van der Waals surface area contributed by atoms with Crippen molar-refractivity contribution in [3.63, 3.8) is 0 Å². The monoisotopic (exact) mass is 250 g/mol. The predicted octanol–water partition coefficient (Wildman–Crippen LogP) is 1.68. The second-order valence-electron chi connectivity index (χ2n) is 5.79. The first-order chi connectivity index (χ1) is 8.23. The van der Waals surface area contributed by atoms with Crippen molar-refractivity contribution in [3.8, 4) is 11.8 Å². The molecule has 0 heterocycles. The Kier molecular flexibility index (Phi) is 4.37. The van der Waals surface area contributed by atoms with Crippen LogP contribution in [0.15, 0.2) is 11.6 Å². The molecule has 18 heavy (non-hydrogen) atoms. The van der Waals surface area contributed by atoms with Crippen LogP contribution in [0, 0.1) is 23.2 Å². The van der Waals surface area contributed by atoms with Gasteiger partial charge < -0.3 is 10.2 Å². The summed E-state index contributed by atoms with van der Waals surface area (Å²) in [6.45, 7) is 7.34. The third kappa shape index (κ3) is 2.82. The highest BCUT2D eigenvalue weighted by Gasteiger charge is 2.51. The molecule has 1 unspecified atom stereocenters. The van der Waals surface area contributed by atoms with Crippen LogP contribution in [0.2, 0.25) is 0 Å². The molecule has 1 rings (SSSR count). The molecule has 0 radical (unpaired) electrons. The van der Waals surface area contributed by atoms with Gasteiger partial charge in [0.1, 0.15) is 11.4 Å². The van der Waals surface area contributed by atoms with E-state index in [1.807, 2.05) is 20.8 Å². The normalized spacial score (nSPS) is 31.8. The first-order valence-corrected chi connectivity index (χ1v) is 6.28. The van der Waals surface area contributed by atoms with E-state index in [1.165, 1.54) is 0 Å². The van der Waals surface area contributed by atoms with Gasteiger partial charge in [0.25, 0.3) is 0 Å². The molecule has 1 aliphatic carbocycles. The quantitative estimate of drug-likeness (QED) is 0.696. The van der Waals surface area contributed by atoms with Crippen molar-refractivity contribution < 1.29 is 15.0 Å². The summed E-state index contributed by atoms with van der Waals surface area (Å²) in [5.41, 5.74) is -0.981. The molecule has 0 spiro atoms. The summed E-state index contributed by atoms with van der Waals surface area (Å²) in [6.07, 6.45) is 2.32. The summed E-state index contributed by atoms with van der Waals surface area (Å²) in [4.78, 5) is 11.6. The molecule has 2 atom stereocenters. The van der Waals surface area contributed by atoms with Crippen LogP contribution in [-0.2, 0) is 4.79 Å². The lowest BCUT2D eigenvalue weighted by atomic mass is 9.60. The number of ketones is 1. The number of carbonyl (C=O) groups is 1. The maximum absolute atomic E-state index is 11.6. The standard InChI is InChI=1S/C15H22O3/c1-11(6-8-16)5-7-15(18)12(2)9-13(17)10-14(15,3)4/h6,12,16,18H,8-10H2,1-4H3/t12?,15-/m0/s1. The molecule has 1 fully saturated rings. The van der Waals surface area contributed by atoms with Gasteiger partial charge in [-0.05, 0) is 18.6 Å². The Morgan fingerprint density at radius 1 is 1.56 bits per heavy atom. The van der Waals surface area contributed by atoms with E-state index in [-0.39, 0.29) is 18.3 Å². The molecule has 3 nitrogen and oxygen atoms in total. The first kappa shape index (κ1) is 14.9. The Labute approximate surface area is 109 Å². The SMILES string of the molecule is CC(C#C[C@]1(O)C(C)CC(=O)CC1(C)C)=CCO. The van der Waals surface area contributed by atoms with Crippen LogP contribution in [0.4, 0.5) is 0 Å². The Balaban J connectivity index is 3.09. The van der Waals surface area contributed by atoms with Crippen molar-refractivity contribution in [2.24, 2.45) is 11.3 Å². The zero-order chi connectivity index (χ0) is 14.0. The minimum Gasteiger partial charge on any atom is -0.392 e. The number of aliphatic hydroxyl groups is 2. The summed E-state index contributed by atoms with van der Waals surface area (Å²) in [6, 6.07) is 0. The third-order valence-electron chi connectivity index (χ3n) is 3.77. The average molecular weight is 250 g/mol. The zero-order valence-electron chi connectivity index (χ0n) is 11.6. The van der Waals surface area contributed by atoms with Gasteiger partial charge in [0.05, 0.1) is 6.61 Å². The fourth-order valence-electron chi connectivity index (χ4n) is 2.53. The van der Waals surface area contributed by atoms with E-state index in [4.69, 9.17) is 5.11 Å². The van der Waals surface area contributed by atoms with Crippen molar-refractivity contribution in [2.75, 3.05) is 6.61 Å². The number of hydrogen-bond donors (Lipinski definition) is 2. The van der Waals surface area contributed by atoms with Gasteiger partial charge in [0, 0.05) is 24.2 Å². The second kappa shape index (κ2) is 5.26. The maximum Gasteiger partial charge on any atom is 0.134 e.